The van der Waals surface area contributed by atoms with Gasteiger partial charge >= 0.3 is 0 Å². The summed E-state index contributed by atoms with van der Waals surface area (Å²) in [7, 11) is 0. The van der Waals surface area contributed by atoms with E-state index in [0.717, 1.165) is 5.56 Å². The van der Waals surface area contributed by atoms with Gasteiger partial charge in [0.25, 0.3) is 0 Å². The third-order valence-corrected chi connectivity index (χ3v) is 3.36. The molecule has 1 aromatic carbocycles. The minimum atomic E-state index is -0.955. The maximum absolute atomic E-state index is 6.23. The Bertz CT molecular complexity index is 463. The molecule has 16 heavy (non-hydrogen) atoms. The van der Waals surface area contributed by atoms with Crippen LogP contribution < -0.4 is 5.73 Å². The maximum Gasteiger partial charge on any atom is 0.120 e. The molecule has 0 fully saturated rings. The number of hydrogen-bond acceptors (Lipinski definition) is 1. The second-order valence-electron chi connectivity index (χ2n) is 3.74. The summed E-state index contributed by atoms with van der Waals surface area (Å²) in [6.07, 6.45) is 5.23. The Kier molecular flexibility index (Phi) is 3.32. The first kappa shape index (κ1) is 12.0. The first-order chi connectivity index (χ1) is 7.49. The molecule has 84 valence electrons. The molecule has 2 N–H and O–H groups in total. The standard InChI is InChI=1S/C12H10Cl3N/c13-9-3-1-2-8(6-9)11-7-10(14)4-5-12(11,15)16/h1-7,11H,16H2. The third kappa shape index (κ3) is 2.44. The molecule has 1 aromatic rings. The molecule has 1 aliphatic rings. The van der Waals surface area contributed by atoms with Crippen LogP contribution in [0.1, 0.15) is 11.5 Å². The van der Waals surface area contributed by atoms with E-state index in [0.29, 0.717) is 10.1 Å². The highest BCUT2D eigenvalue weighted by molar-refractivity contribution is 6.32. The lowest BCUT2D eigenvalue weighted by atomic mass is 9.88. The van der Waals surface area contributed by atoms with Crippen molar-refractivity contribution in [1.82, 2.24) is 0 Å². The van der Waals surface area contributed by atoms with Gasteiger partial charge in [-0.25, -0.2) is 0 Å². The molecule has 1 nitrogen and oxygen atoms in total. The second-order valence-corrected chi connectivity index (χ2v) is 5.27. The smallest absolute Gasteiger partial charge is 0.120 e. The largest absolute Gasteiger partial charge is 0.309 e. The Morgan fingerprint density at radius 3 is 2.69 bits per heavy atom. The van der Waals surface area contributed by atoms with Crippen molar-refractivity contribution in [3.05, 3.63) is 58.1 Å². The molecule has 1 aliphatic carbocycles. The van der Waals surface area contributed by atoms with E-state index in [1.54, 1.807) is 12.2 Å². The molecule has 0 aromatic heterocycles. The van der Waals surface area contributed by atoms with Crippen molar-refractivity contribution in [3.8, 4) is 0 Å². The zero-order valence-corrected chi connectivity index (χ0v) is 10.6. The Balaban J connectivity index is 2.43. The van der Waals surface area contributed by atoms with E-state index in [2.05, 4.69) is 0 Å². The molecular weight excluding hydrogens is 264 g/mol. The Morgan fingerprint density at radius 1 is 1.25 bits per heavy atom. The van der Waals surface area contributed by atoms with E-state index in [-0.39, 0.29) is 5.92 Å². The van der Waals surface area contributed by atoms with E-state index in [1.807, 2.05) is 30.3 Å². The van der Waals surface area contributed by atoms with Gasteiger partial charge in [0.1, 0.15) is 5.00 Å². The monoisotopic (exact) mass is 273 g/mol. The molecule has 2 rings (SSSR count). The number of rotatable bonds is 1. The summed E-state index contributed by atoms with van der Waals surface area (Å²) in [5.41, 5.74) is 6.95. The normalized spacial score (nSPS) is 29.0. The first-order valence-electron chi connectivity index (χ1n) is 4.79. The first-order valence-corrected chi connectivity index (χ1v) is 5.92. The Morgan fingerprint density at radius 2 is 2.00 bits per heavy atom. The molecule has 0 amide bonds. The van der Waals surface area contributed by atoms with Gasteiger partial charge in [-0.2, -0.15) is 0 Å². The van der Waals surface area contributed by atoms with Gasteiger partial charge < -0.3 is 5.73 Å². The van der Waals surface area contributed by atoms with Crippen LogP contribution in [0, 0.1) is 0 Å². The average Bonchev–Trinajstić information content (AvgIpc) is 2.22. The summed E-state index contributed by atoms with van der Waals surface area (Å²) >= 11 is 18.1. The molecular formula is C12H10Cl3N. The van der Waals surface area contributed by atoms with Crippen LogP contribution in [0.4, 0.5) is 0 Å². The molecule has 0 saturated carbocycles. The van der Waals surface area contributed by atoms with E-state index in [9.17, 15) is 0 Å². The summed E-state index contributed by atoms with van der Waals surface area (Å²) in [5.74, 6) is -0.176. The summed E-state index contributed by atoms with van der Waals surface area (Å²) in [4.78, 5) is -0.955. The fraction of sp³-hybridized carbons (Fsp3) is 0.167. The number of alkyl halides is 1. The predicted molar refractivity (Wildman–Crippen MR) is 70.0 cm³/mol. The number of benzene rings is 1. The van der Waals surface area contributed by atoms with Crippen molar-refractivity contribution in [2.24, 2.45) is 5.73 Å². The zero-order chi connectivity index (χ0) is 11.8. The zero-order valence-electron chi connectivity index (χ0n) is 8.33. The molecule has 0 saturated heterocycles. The van der Waals surface area contributed by atoms with Crippen LogP contribution in [0.15, 0.2) is 47.5 Å². The van der Waals surface area contributed by atoms with Crippen molar-refractivity contribution >= 4 is 34.8 Å². The lowest BCUT2D eigenvalue weighted by Gasteiger charge is -2.30. The highest BCUT2D eigenvalue weighted by Gasteiger charge is 2.32. The summed E-state index contributed by atoms with van der Waals surface area (Å²) in [6, 6.07) is 7.45. The van der Waals surface area contributed by atoms with Gasteiger partial charge in [0.15, 0.2) is 0 Å². The minimum Gasteiger partial charge on any atom is -0.309 e. The highest BCUT2D eigenvalue weighted by Crippen LogP contribution is 2.38. The van der Waals surface area contributed by atoms with Crippen LogP contribution >= 0.6 is 34.8 Å². The van der Waals surface area contributed by atoms with Crippen molar-refractivity contribution in [2.75, 3.05) is 0 Å². The van der Waals surface area contributed by atoms with Crippen LogP contribution in [0.5, 0.6) is 0 Å². The molecule has 2 unspecified atom stereocenters. The summed E-state index contributed by atoms with van der Waals surface area (Å²) in [6.45, 7) is 0. The van der Waals surface area contributed by atoms with E-state index in [4.69, 9.17) is 40.5 Å². The van der Waals surface area contributed by atoms with Crippen LogP contribution in [0.3, 0.4) is 0 Å². The van der Waals surface area contributed by atoms with Crippen molar-refractivity contribution in [3.63, 3.8) is 0 Å². The van der Waals surface area contributed by atoms with Crippen LogP contribution in [-0.2, 0) is 0 Å². The molecule has 0 bridgehead atoms. The fourth-order valence-electron chi connectivity index (χ4n) is 1.71. The van der Waals surface area contributed by atoms with Crippen molar-refractivity contribution in [1.29, 1.82) is 0 Å². The average molecular weight is 275 g/mol. The highest BCUT2D eigenvalue weighted by atomic mass is 35.5. The van der Waals surface area contributed by atoms with E-state index < -0.39 is 5.00 Å². The van der Waals surface area contributed by atoms with E-state index >= 15 is 0 Å². The molecule has 0 heterocycles. The van der Waals surface area contributed by atoms with E-state index in [1.165, 1.54) is 0 Å². The van der Waals surface area contributed by atoms with Gasteiger partial charge in [0.05, 0.1) is 0 Å². The van der Waals surface area contributed by atoms with Gasteiger partial charge in [-0.3, -0.25) is 0 Å². The Labute approximate surface area is 109 Å². The van der Waals surface area contributed by atoms with Crippen LogP contribution in [-0.4, -0.2) is 5.00 Å². The number of halogens is 3. The quantitative estimate of drug-likeness (QED) is 0.608. The topological polar surface area (TPSA) is 26.0 Å². The molecule has 0 spiro atoms. The maximum atomic E-state index is 6.23. The predicted octanol–water partition coefficient (Wildman–Crippen LogP) is 4.01. The summed E-state index contributed by atoms with van der Waals surface area (Å²) in [5, 5.41) is 1.29. The van der Waals surface area contributed by atoms with Crippen molar-refractivity contribution < 1.29 is 0 Å². The van der Waals surface area contributed by atoms with Crippen LogP contribution in [0.2, 0.25) is 5.02 Å². The number of nitrogens with two attached hydrogens (primary N) is 1. The summed E-state index contributed by atoms with van der Waals surface area (Å²) < 4.78 is 0. The minimum absolute atomic E-state index is 0.176. The molecule has 0 radical (unpaired) electrons. The van der Waals surface area contributed by atoms with Crippen LogP contribution in [0.25, 0.3) is 0 Å². The Hall–Kier alpha value is -0.470. The number of hydrogen-bond donors (Lipinski definition) is 1. The van der Waals surface area contributed by atoms with Gasteiger partial charge in [-0.1, -0.05) is 53.0 Å². The van der Waals surface area contributed by atoms with Gasteiger partial charge in [0.2, 0.25) is 0 Å². The molecule has 0 aliphatic heterocycles. The van der Waals surface area contributed by atoms with Gasteiger partial charge in [-0.05, 0) is 29.8 Å². The van der Waals surface area contributed by atoms with Crippen molar-refractivity contribution in [2.45, 2.75) is 10.9 Å². The lowest BCUT2D eigenvalue weighted by molar-refractivity contribution is 0.644. The van der Waals surface area contributed by atoms with Gasteiger partial charge in [0, 0.05) is 16.0 Å². The number of allylic oxidation sites excluding steroid dienone is 2. The third-order valence-electron chi connectivity index (χ3n) is 2.51. The second kappa shape index (κ2) is 4.42. The fourth-order valence-corrected chi connectivity index (χ4v) is 2.34. The SMILES string of the molecule is NC1(Cl)C=CC(Cl)=CC1c1cccc(Cl)c1. The molecule has 4 heteroatoms. The lowest BCUT2D eigenvalue weighted by Crippen LogP contribution is -2.38. The van der Waals surface area contributed by atoms with Gasteiger partial charge in [-0.15, -0.1) is 0 Å². The molecule has 2 atom stereocenters.